The van der Waals surface area contributed by atoms with Gasteiger partial charge in [-0.3, -0.25) is 0 Å². The zero-order valence-corrected chi connectivity index (χ0v) is 13.2. The maximum atomic E-state index is 5.74. The standard InChI is InChI=1S/C16H19BrO/c1-9-8-10(2)13(5)15(12(9)4)16(17)14-7-6-11(3)18-14/h6-8,16H,1-5H3. The van der Waals surface area contributed by atoms with Crippen molar-refractivity contribution >= 4 is 15.9 Å². The van der Waals surface area contributed by atoms with Crippen LogP contribution in [0.1, 0.15) is 44.2 Å². The Labute approximate surface area is 117 Å². The molecule has 0 bridgehead atoms. The lowest BCUT2D eigenvalue weighted by atomic mass is 9.92. The van der Waals surface area contributed by atoms with Crippen LogP contribution in [0.25, 0.3) is 0 Å². The second kappa shape index (κ2) is 4.93. The van der Waals surface area contributed by atoms with Crippen molar-refractivity contribution in [3.63, 3.8) is 0 Å². The van der Waals surface area contributed by atoms with E-state index in [1.807, 2.05) is 19.1 Å². The molecule has 0 radical (unpaired) electrons. The molecule has 1 aromatic heterocycles. The number of hydrogen-bond donors (Lipinski definition) is 0. The van der Waals surface area contributed by atoms with Crippen LogP contribution in [0.4, 0.5) is 0 Å². The molecule has 0 aliphatic rings. The van der Waals surface area contributed by atoms with Crippen LogP contribution in [0.5, 0.6) is 0 Å². The number of aryl methyl sites for hydroxylation is 3. The summed E-state index contributed by atoms with van der Waals surface area (Å²) < 4.78 is 5.74. The Morgan fingerprint density at radius 3 is 1.94 bits per heavy atom. The minimum absolute atomic E-state index is 0.129. The first-order chi connectivity index (χ1) is 8.41. The molecule has 0 aliphatic heterocycles. The lowest BCUT2D eigenvalue weighted by Crippen LogP contribution is -2.02. The largest absolute Gasteiger partial charge is 0.465 e. The van der Waals surface area contributed by atoms with Crippen LogP contribution in [0.2, 0.25) is 0 Å². The summed E-state index contributed by atoms with van der Waals surface area (Å²) in [5.41, 5.74) is 6.69. The summed E-state index contributed by atoms with van der Waals surface area (Å²) in [7, 11) is 0. The van der Waals surface area contributed by atoms with E-state index in [0.717, 1.165) is 11.5 Å². The topological polar surface area (TPSA) is 13.1 Å². The van der Waals surface area contributed by atoms with Gasteiger partial charge in [-0.1, -0.05) is 22.0 Å². The van der Waals surface area contributed by atoms with Crippen LogP contribution >= 0.6 is 15.9 Å². The van der Waals surface area contributed by atoms with Gasteiger partial charge in [-0.2, -0.15) is 0 Å². The fraction of sp³-hybridized carbons (Fsp3) is 0.375. The highest BCUT2D eigenvalue weighted by atomic mass is 79.9. The Kier molecular flexibility index (Phi) is 3.67. The third-order valence-electron chi connectivity index (χ3n) is 3.69. The summed E-state index contributed by atoms with van der Waals surface area (Å²) >= 11 is 3.78. The molecule has 1 heterocycles. The van der Waals surface area contributed by atoms with E-state index in [4.69, 9.17) is 4.42 Å². The van der Waals surface area contributed by atoms with Crippen molar-refractivity contribution in [2.75, 3.05) is 0 Å². The molecule has 0 saturated carbocycles. The zero-order chi connectivity index (χ0) is 13.4. The number of hydrogen-bond acceptors (Lipinski definition) is 1. The summed E-state index contributed by atoms with van der Waals surface area (Å²) in [5.74, 6) is 1.93. The highest BCUT2D eigenvalue weighted by Crippen LogP contribution is 2.37. The molecule has 0 fully saturated rings. The Balaban J connectivity index is 2.57. The van der Waals surface area contributed by atoms with Crippen LogP contribution in [-0.4, -0.2) is 0 Å². The second-order valence-corrected chi connectivity index (χ2v) is 5.90. The van der Waals surface area contributed by atoms with E-state index in [0.29, 0.717) is 0 Å². The minimum Gasteiger partial charge on any atom is -0.465 e. The number of alkyl halides is 1. The summed E-state index contributed by atoms with van der Waals surface area (Å²) in [5, 5.41) is 0. The van der Waals surface area contributed by atoms with E-state index in [2.05, 4.69) is 49.7 Å². The van der Waals surface area contributed by atoms with Crippen molar-refractivity contribution in [2.24, 2.45) is 0 Å². The quantitative estimate of drug-likeness (QED) is 0.686. The van der Waals surface area contributed by atoms with Gasteiger partial charge < -0.3 is 4.42 Å². The molecular formula is C16H19BrO. The van der Waals surface area contributed by atoms with Crippen LogP contribution in [0, 0.1) is 34.6 Å². The normalized spacial score (nSPS) is 12.8. The molecule has 0 N–H and O–H groups in total. The molecule has 1 aromatic carbocycles. The molecule has 0 spiro atoms. The molecule has 0 amide bonds. The van der Waals surface area contributed by atoms with Crippen molar-refractivity contribution in [2.45, 2.75) is 39.4 Å². The lowest BCUT2D eigenvalue weighted by Gasteiger charge is -2.18. The third kappa shape index (κ3) is 2.26. The maximum Gasteiger partial charge on any atom is 0.122 e. The Morgan fingerprint density at radius 2 is 1.50 bits per heavy atom. The fourth-order valence-electron chi connectivity index (χ4n) is 2.36. The van der Waals surface area contributed by atoms with E-state index in [1.165, 1.54) is 27.8 Å². The van der Waals surface area contributed by atoms with Gasteiger partial charge in [-0.05, 0) is 74.6 Å². The average molecular weight is 307 g/mol. The van der Waals surface area contributed by atoms with E-state index in [-0.39, 0.29) is 4.83 Å². The molecule has 0 saturated heterocycles. The summed E-state index contributed by atoms with van der Waals surface area (Å²) in [4.78, 5) is 0.129. The van der Waals surface area contributed by atoms with Crippen molar-refractivity contribution in [3.8, 4) is 0 Å². The Hall–Kier alpha value is -1.02. The highest BCUT2D eigenvalue weighted by Gasteiger charge is 2.20. The first-order valence-electron chi connectivity index (χ1n) is 6.19. The summed E-state index contributed by atoms with van der Waals surface area (Å²) in [6, 6.07) is 6.31. The predicted octanol–water partition coefficient (Wildman–Crippen LogP) is 5.31. The Morgan fingerprint density at radius 1 is 0.944 bits per heavy atom. The zero-order valence-electron chi connectivity index (χ0n) is 11.6. The maximum absolute atomic E-state index is 5.74. The molecule has 2 heteroatoms. The molecule has 2 aromatic rings. The molecule has 96 valence electrons. The first kappa shape index (κ1) is 13.4. The molecule has 1 unspecified atom stereocenters. The van der Waals surface area contributed by atoms with Gasteiger partial charge >= 0.3 is 0 Å². The van der Waals surface area contributed by atoms with Crippen LogP contribution in [0.15, 0.2) is 22.6 Å². The SMILES string of the molecule is Cc1ccc(C(Br)c2c(C)c(C)cc(C)c2C)o1. The van der Waals surface area contributed by atoms with Gasteiger partial charge in [0.25, 0.3) is 0 Å². The number of furan rings is 1. The van der Waals surface area contributed by atoms with Gasteiger partial charge in [0.2, 0.25) is 0 Å². The molecular weight excluding hydrogens is 288 g/mol. The Bertz CT molecular complexity index is 555. The van der Waals surface area contributed by atoms with Crippen molar-refractivity contribution in [1.29, 1.82) is 0 Å². The predicted molar refractivity (Wildman–Crippen MR) is 79.6 cm³/mol. The first-order valence-corrected chi connectivity index (χ1v) is 7.11. The van der Waals surface area contributed by atoms with Crippen molar-refractivity contribution < 1.29 is 4.42 Å². The van der Waals surface area contributed by atoms with E-state index in [1.54, 1.807) is 0 Å². The second-order valence-electron chi connectivity index (χ2n) is 4.99. The third-order valence-corrected chi connectivity index (χ3v) is 4.60. The number of benzene rings is 1. The van der Waals surface area contributed by atoms with Crippen LogP contribution in [0.3, 0.4) is 0 Å². The van der Waals surface area contributed by atoms with Crippen molar-refractivity contribution in [1.82, 2.24) is 0 Å². The highest BCUT2D eigenvalue weighted by molar-refractivity contribution is 9.09. The molecule has 1 nitrogen and oxygen atoms in total. The van der Waals surface area contributed by atoms with E-state index >= 15 is 0 Å². The fourth-order valence-corrected chi connectivity index (χ4v) is 3.29. The minimum atomic E-state index is 0.129. The molecule has 18 heavy (non-hydrogen) atoms. The average Bonchev–Trinajstić information content (AvgIpc) is 2.73. The van der Waals surface area contributed by atoms with Gasteiger partial charge in [0.05, 0.1) is 4.83 Å². The smallest absolute Gasteiger partial charge is 0.122 e. The summed E-state index contributed by atoms with van der Waals surface area (Å²) in [6.07, 6.45) is 0. The number of rotatable bonds is 2. The monoisotopic (exact) mass is 306 g/mol. The van der Waals surface area contributed by atoms with Gasteiger partial charge in [0, 0.05) is 0 Å². The molecule has 2 rings (SSSR count). The lowest BCUT2D eigenvalue weighted by molar-refractivity contribution is 0.491. The van der Waals surface area contributed by atoms with Crippen molar-refractivity contribution in [3.05, 3.63) is 57.5 Å². The van der Waals surface area contributed by atoms with Gasteiger partial charge in [0.1, 0.15) is 11.5 Å². The van der Waals surface area contributed by atoms with Gasteiger partial charge in [-0.25, -0.2) is 0 Å². The molecule has 0 aliphatic carbocycles. The van der Waals surface area contributed by atoms with Gasteiger partial charge in [0.15, 0.2) is 0 Å². The number of halogens is 1. The van der Waals surface area contributed by atoms with E-state index < -0.39 is 0 Å². The van der Waals surface area contributed by atoms with Crippen LogP contribution < -0.4 is 0 Å². The van der Waals surface area contributed by atoms with Gasteiger partial charge in [-0.15, -0.1) is 0 Å². The summed E-state index contributed by atoms with van der Waals surface area (Å²) in [6.45, 7) is 10.7. The molecule has 1 atom stereocenters. The van der Waals surface area contributed by atoms with E-state index in [9.17, 15) is 0 Å². The van der Waals surface area contributed by atoms with Crippen LogP contribution in [-0.2, 0) is 0 Å².